The predicted molar refractivity (Wildman–Crippen MR) is 90.5 cm³/mol. The van der Waals surface area contributed by atoms with Crippen molar-refractivity contribution in [3.8, 4) is 5.75 Å². The minimum Gasteiger partial charge on any atom is -0.493 e. The minimum atomic E-state index is 0.721. The van der Waals surface area contributed by atoms with Gasteiger partial charge in [0, 0.05) is 18.1 Å². The molecule has 1 heterocycles. The van der Waals surface area contributed by atoms with E-state index in [1.165, 1.54) is 41.3 Å². The summed E-state index contributed by atoms with van der Waals surface area (Å²) in [7, 11) is 0. The molecule has 0 unspecified atom stereocenters. The molecule has 1 fully saturated rings. The fourth-order valence-electron chi connectivity index (χ4n) is 3.12. The first-order valence-corrected chi connectivity index (χ1v) is 8.17. The van der Waals surface area contributed by atoms with Gasteiger partial charge in [0.05, 0.1) is 6.61 Å². The van der Waals surface area contributed by atoms with Gasteiger partial charge in [0.15, 0.2) is 0 Å². The van der Waals surface area contributed by atoms with Crippen LogP contribution in [0.25, 0.3) is 10.9 Å². The van der Waals surface area contributed by atoms with Gasteiger partial charge in [-0.15, -0.1) is 0 Å². The van der Waals surface area contributed by atoms with Crippen LogP contribution in [0, 0.1) is 0 Å². The first kappa shape index (κ1) is 13.4. The Labute approximate surface area is 131 Å². The first-order valence-electron chi connectivity index (χ1n) is 8.17. The number of rotatable bonds is 5. The zero-order valence-electron chi connectivity index (χ0n) is 12.7. The van der Waals surface area contributed by atoms with Crippen LogP contribution in [0.5, 0.6) is 5.75 Å². The summed E-state index contributed by atoms with van der Waals surface area (Å²) in [5, 5.41) is 1.27. The van der Waals surface area contributed by atoms with Gasteiger partial charge in [-0.25, -0.2) is 0 Å². The zero-order chi connectivity index (χ0) is 14.8. The molecule has 22 heavy (non-hydrogen) atoms. The molecule has 0 aliphatic heterocycles. The SMILES string of the molecule is c1cc2cc(CCOc3ccc(C4CCC4)cc3)ccc2[nH]1. The fraction of sp³-hybridized carbons (Fsp3) is 0.300. The Morgan fingerprint density at radius 1 is 1.00 bits per heavy atom. The molecule has 3 aromatic rings. The van der Waals surface area contributed by atoms with Crippen molar-refractivity contribution in [2.75, 3.05) is 6.61 Å². The van der Waals surface area contributed by atoms with E-state index in [1.807, 2.05) is 6.20 Å². The van der Waals surface area contributed by atoms with Gasteiger partial charge >= 0.3 is 0 Å². The maximum atomic E-state index is 5.88. The molecule has 2 heteroatoms. The lowest BCUT2D eigenvalue weighted by Crippen LogP contribution is -2.08. The van der Waals surface area contributed by atoms with E-state index >= 15 is 0 Å². The Hall–Kier alpha value is -2.22. The number of ether oxygens (including phenoxy) is 1. The van der Waals surface area contributed by atoms with E-state index in [0.29, 0.717) is 0 Å². The van der Waals surface area contributed by atoms with Crippen molar-refractivity contribution in [1.29, 1.82) is 0 Å². The summed E-state index contributed by atoms with van der Waals surface area (Å²) in [6.07, 6.45) is 7.00. The predicted octanol–water partition coefficient (Wildman–Crippen LogP) is 5.06. The molecule has 0 amide bonds. The van der Waals surface area contributed by atoms with Gasteiger partial charge in [0.2, 0.25) is 0 Å². The third-order valence-electron chi connectivity index (χ3n) is 4.73. The van der Waals surface area contributed by atoms with E-state index in [0.717, 1.165) is 24.7 Å². The van der Waals surface area contributed by atoms with E-state index in [1.54, 1.807) is 0 Å². The van der Waals surface area contributed by atoms with Crippen LogP contribution in [0.1, 0.15) is 36.3 Å². The van der Waals surface area contributed by atoms with E-state index < -0.39 is 0 Å². The monoisotopic (exact) mass is 291 g/mol. The van der Waals surface area contributed by atoms with Crippen molar-refractivity contribution in [3.63, 3.8) is 0 Å². The van der Waals surface area contributed by atoms with Gasteiger partial charge in [0.1, 0.15) is 5.75 Å². The Kier molecular flexibility index (Phi) is 3.59. The van der Waals surface area contributed by atoms with Crippen LogP contribution in [0.2, 0.25) is 0 Å². The van der Waals surface area contributed by atoms with Crippen LogP contribution in [0.4, 0.5) is 0 Å². The van der Waals surface area contributed by atoms with Crippen molar-refractivity contribution < 1.29 is 4.74 Å². The van der Waals surface area contributed by atoms with Crippen molar-refractivity contribution in [2.45, 2.75) is 31.6 Å². The summed E-state index contributed by atoms with van der Waals surface area (Å²) in [6, 6.07) is 17.3. The normalized spacial score (nSPS) is 14.9. The van der Waals surface area contributed by atoms with Gasteiger partial charge in [-0.1, -0.05) is 24.6 Å². The van der Waals surface area contributed by atoms with Crippen molar-refractivity contribution in [1.82, 2.24) is 4.98 Å². The number of aromatic amines is 1. The number of hydrogen-bond acceptors (Lipinski definition) is 1. The number of hydrogen-bond donors (Lipinski definition) is 1. The van der Waals surface area contributed by atoms with E-state index in [4.69, 9.17) is 4.74 Å². The second-order valence-electron chi connectivity index (χ2n) is 6.19. The lowest BCUT2D eigenvalue weighted by Gasteiger charge is -2.25. The second-order valence-corrected chi connectivity index (χ2v) is 6.19. The molecule has 2 aromatic carbocycles. The number of nitrogens with one attached hydrogen (secondary N) is 1. The van der Waals surface area contributed by atoms with Gasteiger partial charge in [-0.3, -0.25) is 0 Å². The van der Waals surface area contributed by atoms with E-state index in [-0.39, 0.29) is 0 Å². The van der Waals surface area contributed by atoms with Crippen LogP contribution < -0.4 is 4.74 Å². The van der Waals surface area contributed by atoms with Gasteiger partial charge in [0.25, 0.3) is 0 Å². The van der Waals surface area contributed by atoms with Crippen LogP contribution in [0.3, 0.4) is 0 Å². The van der Waals surface area contributed by atoms with Gasteiger partial charge in [-0.2, -0.15) is 0 Å². The molecular weight excluding hydrogens is 270 g/mol. The van der Waals surface area contributed by atoms with Crippen molar-refractivity contribution >= 4 is 10.9 Å². The summed E-state index contributed by atoms with van der Waals surface area (Å²) in [5.74, 6) is 1.77. The number of aromatic nitrogens is 1. The smallest absolute Gasteiger partial charge is 0.119 e. The molecule has 0 spiro atoms. The Bertz CT molecular complexity index is 753. The minimum absolute atomic E-state index is 0.721. The van der Waals surface area contributed by atoms with Crippen molar-refractivity contribution in [2.24, 2.45) is 0 Å². The fourth-order valence-corrected chi connectivity index (χ4v) is 3.12. The Morgan fingerprint density at radius 3 is 2.64 bits per heavy atom. The van der Waals surface area contributed by atoms with E-state index in [9.17, 15) is 0 Å². The molecule has 1 N–H and O–H groups in total. The highest BCUT2D eigenvalue weighted by Crippen LogP contribution is 2.36. The lowest BCUT2D eigenvalue weighted by molar-refractivity contribution is 0.321. The molecule has 112 valence electrons. The zero-order valence-corrected chi connectivity index (χ0v) is 12.7. The topological polar surface area (TPSA) is 25.0 Å². The maximum Gasteiger partial charge on any atom is 0.119 e. The standard InChI is InChI=1S/C20H21NO/c1-2-16(3-1)17-5-7-19(8-6-17)22-13-11-15-4-9-20-18(14-15)10-12-21-20/h4-10,12,14,16,21H,1-3,11,13H2. The lowest BCUT2D eigenvalue weighted by atomic mass is 9.80. The maximum absolute atomic E-state index is 5.88. The molecule has 1 aliphatic rings. The number of H-pyrrole nitrogens is 1. The summed E-state index contributed by atoms with van der Waals surface area (Å²) >= 11 is 0. The molecule has 2 nitrogen and oxygen atoms in total. The average Bonchev–Trinajstić information content (AvgIpc) is 2.95. The molecule has 1 aromatic heterocycles. The number of fused-ring (bicyclic) bond motifs is 1. The molecule has 0 bridgehead atoms. The quantitative estimate of drug-likeness (QED) is 0.698. The molecule has 1 saturated carbocycles. The first-order chi connectivity index (χ1) is 10.9. The Balaban J connectivity index is 1.33. The molecule has 0 atom stereocenters. The van der Waals surface area contributed by atoms with Gasteiger partial charge in [-0.05, 0) is 65.6 Å². The summed E-state index contributed by atoms with van der Waals surface area (Å²) in [4.78, 5) is 3.22. The highest BCUT2D eigenvalue weighted by molar-refractivity contribution is 5.79. The third kappa shape index (κ3) is 2.74. The summed E-state index contributed by atoms with van der Waals surface area (Å²) < 4.78 is 5.88. The molecule has 4 rings (SSSR count). The number of benzene rings is 2. The van der Waals surface area contributed by atoms with E-state index in [2.05, 4.69) is 53.5 Å². The highest BCUT2D eigenvalue weighted by atomic mass is 16.5. The molecular formula is C20H21NO. The van der Waals surface area contributed by atoms with Crippen molar-refractivity contribution in [3.05, 3.63) is 65.9 Å². The highest BCUT2D eigenvalue weighted by Gasteiger charge is 2.18. The second kappa shape index (κ2) is 5.88. The van der Waals surface area contributed by atoms with Crippen LogP contribution in [-0.2, 0) is 6.42 Å². The largest absolute Gasteiger partial charge is 0.493 e. The summed E-state index contributed by atoms with van der Waals surface area (Å²) in [5.41, 5.74) is 3.98. The Morgan fingerprint density at radius 2 is 1.86 bits per heavy atom. The third-order valence-corrected chi connectivity index (χ3v) is 4.73. The van der Waals surface area contributed by atoms with Crippen LogP contribution >= 0.6 is 0 Å². The summed E-state index contributed by atoms with van der Waals surface area (Å²) in [6.45, 7) is 0.721. The average molecular weight is 291 g/mol. The van der Waals surface area contributed by atoms with Crippen LogP contribution in [0.15, 0.2) is 54.7 Å². The molecule has 0 radical (unpaired) electrons. The molecule has 1 aliphatic carbocycles. The van der Waals surface area contributed by atoms with Crippen LogP contribution in [-0.4, -0.2) is 11.6 Å². The molecule has 0 saturated heterocycles. The van der Waals surface area contributed by atoms with Gasteiger partial charge < -0.3 is 9.72 Å².